The highest BCUT2D eigenvalue weighted by Gasteiger charge is 2.13. The van der Waals surface area contributed by atoms with Crippen molar-refractivity contribution in [2.24, 2.45) is 7.05 Å². The molecule has 2 aromatic rings. The highest BCUT2D eigenvalue weighted by Crippen LogP contribution is 2.25. The maximum atomic E-state index is 5.89. The maximum absolute atomic E-state index is 5.89. The molecule has 0 aliphatic heterocycles. The predicted octanol–water partition coefficient (Wildman–Crippen LogP) is 4.84. The molecule has 0 saturated carbocycles. The van der Waals surface area contributed by atoms with E-state index in [4.69, 9.17) is 4.74 Å². The zero-order valence-electron chi connectivity index (χ0n) is 13.2. The summed E-state index contributed by atoms with van der Waals surface area (Å²) < 4.78 is 8.83. The Hall–Kier alpha value is -1.29. The normalized spacial score (nSPS) is 12.4. The van der Waals surface area contributed by atoms with E-state index in [1.54, 1.807) is 0 Å². The standard InChI is InChI=1S/C17H23BrN2O/c1-5-12(3)13-7-9-14(10-8-13)21-11-16-17(18)15(6-2)19-20(16)4/h7-10,12H,5-6,11H2,1-4H3. The highest BCUT2D eigenvalue weighted by molar-refractivity contribution is 9.10. The van der Waals surface area contributed by atoms with Gasteiger partial charge in [0, 0.05) is 7.05 Å². The highest BCUT2D eigenvalue weighted by atomic mass is 79.9. The van der Waals surface area contributed by atoms with E-state index in [9.17, 15) is 0 Å². The molecule has 0 fully saturated rings. The van der Waals surface area contributed by atoms with Gasteiger partial charge in [-0.05, 0) is 52.4 Å². The van der Waals surface area contributed by atoms with Gasteiger partial charge in [-0.15, -0.1) is 0 Å². The van der Waals surface area contributed by atoms with Gasteiger partial charge in [-0.1, -0.05) is 32.9 Å². The summed E-state index contributed by atoms with van der Waals surface area (Å²) in [5.41, 5.74) is 3.50. The molecular weight excluding hydrogens is 328 g/mol. The van der Waals surface area contributed by atoms with Crippen LogP contribution in [0.2, 0.25) is 0 Å². The number of hydrogen-bond donors (Lipinski definition) is 0. The van der Waals surface area contributed by atoms with E-state index in [2.05, 4.69) is 53.9 Å². The molecule has 0 N–H and O–H groups in total. The third-order valence-corrected chi connectivity index (χ3v) is 4.86. The van der Waals surface area contributed by atoms with E-state index in [0.717, 1.165) is 34.5 Å². The van der Waals surface area contributed by atoms with Crippen LogP contribution < -0.4 is 4.74 Å². The Morgan fingerprint density at radius 2 is 1.90 bits per heavy atom. The summed E-state index contributed by atoms with van der Waals surface area (Å²) >= 11 is 3.61. The van der Waals surface area contributed by atoms with Crippen molar-refractivity contribution in [3.63, 3.8) is 0 Å². The molecule has 0 spiro atoms. The van der Waals surface area contributed by atoms with Crippen LogP contribution in [0, 0.1) is 0 Å². The van der Waals surface area contributed by atoms with Crippen molar-refractivity contribution < 1.29 is 4.74 Å². The fraction of sp³-hybridized carbons (Fsp3) is 0.471. The molecule has 1 unspecified atom stereocenters. The molecule has 114 valence electrons. The minimum absolute atomic E-state index is 0.521. The van der Waals surface area contributed by atoms with Gasteiger partial charge in [0.05, 0.1) is 15.9 Å². The molecule has 0 aliphatic rings. The molecule has 1 aromatic heterocycles. The van der Waals surface area contributed by atoms with E-state index in [-0.39, 0.29) is 0 Å². The van der Waals surface area contributed by atoms with Crippen molar-refractivity contribution in [1.29, 1.82) is 0 Å². The molecular formula is C17H23BrN2O. The first-order chi connectivity index (χ1) is 10.1. The average molecular weight is 351 g/mol. The molecule has 1 atom stereocenters. The Kier molecular flexibility index (Phi) is 5.45. The average Bonchev–Trinajstić information content (AvgIpc) is 2.79. The van der Waals surface area contributed by atoms with Crippen molar-refractivity contribution in [3.05, 3.63) is 45.7 Å². The lowest BCUT2D eigenvalue weighted by Gasteiger charge is -2.11. The number of rotatable bonds is 6. The predicted molar refractivity (Wildman–Crippen MR) is 89.8 cm³/mol. The van der Waals surface area contributed by atoms with Crippen LogP contribution in [0.3, 0.4) is 0 Å². The molecule has 0 amide bonds. The number of nitrogens with zero attached hydrogens (tertiary/aromatic N) is 2. The van der Waals surface area contributed by atoms with Gasteiger partial charge in [-0.2, -0.15) is 5.10 Å². The second-order valence-electron chi connectivity index (χ2n) is 5.35. The van der Waals surface area contributed by atoms with Crippen molar-refractivity contribution >= 4 is 15.9 Å². The lowest BCUT2D eigenvalue weighted by molar-refractivity contribution is 0.294. The first-order valence-electron chi connectivity index (χ1n) is 7.49. The van der Waals surface area contributed by atoms with Crippen molar-refractivity contribution in [3.8, 4) is 5.75 Å². The largest absolute Gasteiger partial charge is 0.487 e. The molecule has 2 rings (SSSR count). The van der Waals surface area contributed by atoms with E-state index < -0.39 is 0 Å². The fourth-order valence-electron chi connectivity index (χ4n) is 2.26. The molecule has 0 aliphatic carbocycles. The number of benzene rings is 1. The van der Waals surface area contributed by atoms with Crippen LogP contribution in [0.1, 0.15) is 50.1 Å². The van der Waals surface area contributed by atoms with Gasteiger partial charge in [-0.25, -0.2) is 0 Å². The van der Waals surface area contributed by atoms with E-state index >= 15 is 0 Å². The lowest BCUT2D eigenvalue weighted by atomic mass is 9.99. The molecule has 4 heteroatoms. The minimum atomic E-state index is 0.521. The first-order valence-corrected chi connectivity index (χ1v) is 8.29. The van der Waals surface area contributed by atoms with Crippen LogP contribution in [0.5, 0.6) is 5.75 Å². The van der Waals surface area contributed by atoms with Crippen LogP contribution in [0.15, 0.2) is 28.7 Å². The minimum Gasteiger partial charge on any atom is -0.487 e. The third kappa shape index (κ3) is 3.67. The van der Waals surface area contributed by atoms with Gasteiger partial charge >= 0.3 is 0 Å². The molecule has 0 radical (unpaired) electrons. The number of aryl methyl sites for hydroxylation is 2. The summed E-state index contributed by atoms with van der Waals surface area (Å²) in [5.74, 6) is 1.49. The SMILES string of the molecule is CCc1nn(C)c(COc2ccc(C(C)CC)cc2)c1Br. The molecule has 0 saturated heterocycles. The van der Waals surface area contributed by atoms with Gasteiger partial charge in [-0.3, -0.25) is 4.68 Å². The Morgan fingerprint density at radius 3 is 2.43 bits per heavy atom. The van der Waals surface area contributed by atoms with Crippen molar-refractivity contribution in [2.45, 2.75) is 46.1 Å². The number of aromatic nitrogens is 2. The summed E-state index contributed by atoms with van der Waals surface area (Å²) in [6.45, 7) is 7.08. The molecule has 0 bridgehead atoms. The first kappa shape index (κ1) is 16.1. The van der Waals surface area contributed by atoms with Gasteiger partial charge in [0.25, 0.3) is 0 Å². The Balaban J connectivity index is 2.05. The van der Waals surface area contributed by atoms with Gasteiger partial charge < -0.3 is 4.74 Å². The van der Waals surface area contributed by atoms with Crippen molar-refractivity contribution in [1.82, 2.24) is 9.78 Å². The monoisotopic (exact) mass is 350 g/mol. The van der Waals surface area contributed by atoms with Crippen LogP contribution >= 0.6 is 15.9 Å². The van der Waals surface area contributed by atoms with Crippen molar-refractivity contribution in [2.75, 3.05) is 0 Å². The van der Waals surface area contributed by atoms with Crippen LogP contribution in [0.4, 0.5) is 0 Å². The quantitative estimate of drug-likeness (QED) is 0.745. The number of halogens is 1. The number of ether oxygens (including phenoxy) is 1. The zero-order chi connectivity index (χ0) is 15.4. The topological polar surface area (TPSA) is 27.1 Å². The summed E-state index contributed by atoms with van der Waals surface area (Å²) in [6, 6.07) is 8.40. The fourth-order valence-corrected chi connectivity index (χ4v) is 2.99. The molecule has 1 heterocycles. The summed E-state index contributed by atoms with van der Waals surface area (Å²) in [5, 5.41) is 4.48. The second kappa shape index (κ2) is 7.12. The Labute approximate surface area is 135 Å². The zero-order valence-corrected chi connectivity index (χ0v) is 14.8. The Bertz CT molecular complexity index is 590. The summed E-state index contributed by atoms with van der Waals surface area (Å²) in [7, 11) is 1.95. The molecule has 3 nitrogen and oxygen atoms in total. The molecule has 21 heavy (non-hydrogen) atoms. The van der Waals surface area contributed by atoms with Crippen LogP contribution in [-0.2, 0) is 20.1 Å². The number of hydrogen-bond acceptors (Lipinski definition) is 2. The van der Waals surface area contributed by atoms with Gasteiger partial charge in [0.15, 0.2) is 0 Å². The van der Waals surface area contributed by atoms with E-state index in [1.165, 1.54) is 5.56 Å². The van der Waals surface area contributed by atoms with E-state index in [1.807, 2.05) is 23.9 Å². The maximum Gasteiger partial charge on any atom is 0.131 e. The Morgan fingerprint density at radius 1 is 1.24 bits per heavy atom. The van der Waals surface area contributed by atoms with Gasteiger partial charge in [0.2, 0.25) is 0 Å². The van der Waals surface area contributed by atoms with Gasteiger partial charge in [0.1, 0.15) is 12.4 Å². The van der Waals surface area contributed by atoms with Crippen LogP contribution in [0.25, 0.3) is 0 Å². The summed E-state index contributed by atoms with van der Waals surface area (Å²) in [6.07, 6.45) is 2.07. The summed E-state index contributed by atoms with van der Waals surface area (Å²) in [4.78, 5) is 0. The smallest absolute Gasteiger partial charge is 0.131 e. The third-order valence-electron chi connectivity index (χ3n) is 3.94. The van der Waals surface area contributed by atoms with E-state index in [0.29, 0.717) is 12.5 Å². The van der Waals surface area contributed by atoms with Crippen LogP contribution in [-0.4, -0.2) is 9.78 Å². The molecule has 1 aromatic carbocycles. The second-order valence-corrected chi connectivity index (χ2v) is 6.14. The lowest BCUT2D eigenvalue weighted by Crippen LogP contribution is -2.03.